The zero-order valence-electron chi connectivity index (χ0n) is 15.0. The van der Waals surface area contributed by atoms with Crippen LogP contribution in [-0.2, 0) is 14.9 Å². The average molecular weight is 315 g/mol. The minimum absolute atomic E-state index is 0.0377. The van der Waals surface area contributed by atoms with Crippen LogP contribution in [0.1, 0.15) is 57.1 Å². The summed E-state index contributed by atoms with van der Waals surface area (Å²) in [5, 5.41) is 0. The molecule has 0 saturated carbocycles. The van der Waals surface area contributed by atoms with Crippen LogP contribution in [0.4, 0.5) is 0 Å². The Kier molecular flexibility index (Phi) is 4.26. The summed E-state index contributed by atoms with van der Waals surface area (Å²) >= 11 is 0. The Morgan fingerprint density at radius 1 is 1.17 bits per heavy atom. The van der Waals surface area contributed by atoms with E-state index in [0.29, 0.717) is 12.1 Å². The van der Waals surface area contributed by atoms with Crippen LogP contribution in [-0.4, -0.2) is 37.1 Å². The molecular weight excluding hydrogens is 286 g/mol. The number of hydrogen-bond acceptors (Lipinski definition) is 3. The normalized spacial score (nSPS) is 31.2. The predicted molar refractivity (Wildman–Crippen MR) is 92.6 cm³/mol. The van der Waals surface area contributed by atoms with Crippen molar-refractivity contribution < 1.29 is 9.53 Å². The summed E-state index contributed by atoms with van der Waals surface area (Å²) in [5.41, 5.74) is 2.79. The minimum atomic E-state index is -0.0490. The molecule has 0 radical (unpaired) electrons. The van der Waals surface area contributed by atoms with Gasteiger partial charge in [0, 0.05) is 18.0 Å². The van der Waals surface area contributed by atoms with Crippen molar-refractivity contribution in [2.45, 2.75) is 63.5 Å². The summed E-state index contributed by atoms with van der Waals surface area (Å²) in [4.78, 5) is 14.9. The number of rotatable bonds is 2. The highest BCUT2D eigenvalue weighted by atomic mass is 16.5. The van der Waals surface area contributed by atoms with Crippen LogP contribution in [0.2, 0.25) is 0 Å². The van der Waals surface area contributed by atoms with Crippen LogP contribution >= 0.6 is 0 Å². The summed E-state index contributed by atoms with van der Waals surface area (Å²) in [6.45, 7) is 6.69. The van der Waals surface area contributed by atoms with Crippen molar-refractivity contribution in [2.24, 2.45) is 5.92 Å². The van der Waals surface area contributed by atoms with E-state index in [1.807, 2.05) is 0 Å². The summed E-state index contributed by atoms with van der Waals surface area (Å²) in [6, 6.07) is 9.84. The van der Waals surface area contributed by atoms with Crippen LogP contribution in [0.5, 0.6) is 0 Å². The van der Waals surface area contributed by atoms with Crippen LogP contribution in [0.15, 0.2) is 24.3 Å². The number of methoxy groups -OCH3 is 1. The first-order valence-electron chi connectivity index (χ1n) is 8.73. The van der Waals surface area contributed by atoms with Gasteiger partial charge in [-0.3, -0.25) is 9.69 Å². The van der Waals surface area contributed by atoms with Gasteiger partial charge in [0.2, 0.25) is 0 Å². The van der Waals surface area contributed by atoms with Gasteiger partial charge in [-0.05, 0) is 42.9 Å². The third kappa shape index (κ3) is 2.91. The van der Waals surface area contributed by atoms with E-state index < -0.39 is 0 Å². The van der Waals surface area contributed by atoms with Crippen molar-refractivity contribution >= 4 is 5.97 Å². The maximum absolute atomic E-state index is 12.5. The van der Waals surface area contributed by atoms with Crippen LogP contribution < -0.4 is 0 Å². The zero-order chi connectivity index (χ0) is 16.8. The van der Waals surface area contributed by atoms with E-state index in [1.54, 1.807) is 0 Å². The van der Waals surface area contributed by atoms with Crippen LogP contribution in [0.25, 0.3) is 0 Å². The van der Waals surface area contributed by atoms with Crippen molar-refractivity contribution in [3.63, 3.8) is 0 Å². The Hall–Kier alpha value is -1.35. The van der Waals surface area contributed by atoms with Gasteiger partial charge in [-0.2, -0.15) is 0 Å². The third-order valence-electron chi connectivity index (χ3n) is 5.95. The van der Waals surface area contributed by atoms with Gasteiger partial charge in [-0.15, -0.1) is 0 Å². The van der Waals surface area contributed by atoms with Gasteiger partial charge in [0.25, 0.3) is 0 Å². The molecular formula is C20H29NO2. The summed E-state index contributed by atoms with van der Waals surface area (Å²) in [5.74, 6) is 0.196. The molecule has 2 aliphatic rings. The van der Waals surface area contributed by atoms with Crippen molar-refractivity contribution in [1.29, 1.82) is 0 Å². The lowest BCUT2D eigenvalue weighted by molar-refractivity contribution is -0.150. The number of ether oxygens (including phenoxy) is 1. The molecule has 2 heterocycles. The van der Waals surface area contributed by atoms with Crippen LogP contribution in [0.3, 0.4) is 0 Å². The average Bonchev–Trinajstić information content (AvgIpc) is 2.75. The molecule has 0 amide bonds. The largest absolute Gasteiger partial charge is 0.469 e. The molecule has 2 bridgehead atoms. The standard InChI is InChI=1S/C20H29NO2/c1-20(2,3)14-8-6-13(7-9-14)16-12-15-10-11-17(21(15)4)18(16)19(22)23-5/h6-9,15-18H,10-12H2,1-5H3/t15?,16-,17-,18-/m1/s1. The van der Waals surface area contributed by atoms with Crippen molar-refractivity contribution in [1.82, 2.24) is 4.90 Å². The molecule has 0 N–H and O–H groups in total. The summed E-state index contributed by atoms with van der Waals surface area (Å²) in [6.07, 6.45) is 3.37. The van der Waals surface area contributed by atoms with Gasteiger partial charge in [0.05, 0.1) is 13.0 Å². The van der Waals surface area contributed by atoms with E-state index >= 15 is 0 Å². The molecule has 1 aromatic carbocycles. The number of hydrogen-bond donors (Lipinski definition) is 0. The smallest absolute Gasteiger partial charge is 0.310 e. The second-order valence-electron chi connectivity index (χ2n) is 8.23. The Morgan fingerprint density at radius 2 is 1.83 bits per heavy atom. The lowest BCUT2D eigenvalue weighted by atomic mass is 9.75. The highest BCUT2D eigenvalue weighted by Gasteiger charge is 2.49. The molecule has 0 spiro atoms. The molecule has 1 aromatic rings. The molecule has 3 heteroatoms. The highest BCUT2D eigenvalue weighted by Crippen LogP contribution is 2.46. The fourth-order valence-electron chi connectivity index (χ4n) is 4.50. The molecule has 4 atom stereocenters. The minimum Gasteiger partial charge on any atom is -0.469 e. The molecule has 0 aliphatic carbocycles. The van der Waals surface area contributed by atoms with Crippen molar-refractivity contribution in [3.05, 3.63) is 35.4 Å². The molecule has 2 fully saturated rings. The van der Waals surface area contributed by atoms with Crippen molar-refractivity contribution in [3.8, 4) is 0 Å². The van der Waals surface area contributed by atoms with Gasteiger partial charge < -0.3 is 4.74 Å². The molecule has 0 aromatic heterocycles. The summed E-state index contributed by atoms with van der Waals surface area (Å²) < 4.78 is 5.15. The van der Waals surface area contributed by atoms with Gasteiger partial charge in [-0.25, -0.2) is 0 Å². The Bertz CT molecular complexity index is 572. The molecule has 3 rings (SSSR count). The second-order valence-corrected chi connectivity index (χ2v) is 8.23. The highest BCUT2D eigenvalue weighted by molar-refractivity contribution is 5.75. The molecule has 2 saturated heterocycles. The lowest BCUT2D eigenvalue weighted by Gasteiger charge is -2.41. The van der Waals surface area contributed by atoms with E-state index in [9.17, 15) is 4.79 Å². The van der Waals surface area contributed by atoms with Gasteiger partial charge in [0.1, 0.15) is 0 Å². The Morgan fingerprint density at radius 3 is 2.39 bits per heavy atom. The topological polar surface area (TPSA) is 29.5 Å². The quantitative estimate of drug-likeness (QED) is 0.779. The zero-order valence-corrected chi connectivity index (χ0v) is 15.0. The number of esters is 1. The molecule has 1 unspecified atom stereocenters. The fraction of sp³-hybridized carbons (Fsp3) is 0.650. The van der Waals surface area contributed by atoms with E-state index in [0.717, 1.165) is 12.8 Å². The first kappa shape index (κ1) is 16.5. The monoisotopic (exact) mass is 315 g/mol. The van der Waals surface area contributed by atoms with Gasteiger partial charge >= 0.3 is 5.97 Å². The number of piperidine rings is 1. The van der Waals surface area contributed by atoms with E-state index in [4.69, 9.17) is 4.74 Å². The number of carbonyl (C=O) groups is 1. The van der Waals surface area contributed by atoms with Gasteiger partial charge in [-0.1, -0.05) is 45.0 Å². The molecule has 23 heavy (non-hydrogen) atoms. The second kappa shape index (κ2) is 5.94. The third-order valence-corrected chi connectivity index (χ3v) is 5.95. The summed E-state index contributed by atoms with van der Waals surface area (Å²) in [7, 11) is 3.68. The number of benzene rings is 1. The maximum Gasteiger partial charge on any atom is 0.310 e. The number of carbonyl (C=O) groups excluding carboxylic acids is 1. The van der Waals surface area contributed by atoms with E-state index in [-0.39, 0.29) is 23.2 Å². The van der Waals surface area contributed by atoms with Gasteiger partial charge in [0.15, 0.2) is 0 Å². The Labute approximate surface area is 140 Å². The number of nitrogens with zero attached hydrogens (tertiary/aromatic N) is 1. The molecule has 126 valence electrons. The van der Waals surface area contributed by atoms with E-state index in [1.165, 1.54) is 24.7 Å². The van der Waals surface area contributed by atoms with Crippen molar-refractivity contribution in [2.75, 3.05) is 14.2 Å². The lowest BCUT2D eigenvalue weighted by Crippen LogP contribution is -2.49. The first-order chi connectivity index (χ1) is 10.8. The predicted octanol–water partition coefficient (Wildman–Crippen LogP) is 3.72. The first-order valence-corrected chi connectivity index (χ1v) is 8.73. The SMILES string of the molecule is COC(=O)[C@@H]1[C@@H](c2ccc(C(C)(C)C)cc2)CC2CC[C@H]1N2C. The van der Waals surface area contributed by atoms with Crippen LogP contribution in [0, 0.1) is 5.92 Å². The molecule has 2 aliphatic heterocycles. The number of fused-ring (bicyclic) bond motifs is 2. The Balaban J connectivity index is 1.92. The fourth-order valence-corrected chi connectivity index (χ4v) is 4.50. The van der Waals surface area contributed by atoms with E-state index in [2.05, 4.69) is 57.0 Å². The molecule has 3 nitrogen and oxygen atoms in total. The maximum atomic E-state index is 12.5.